The second kappa shape index (κ2) is 22.5. The lowest BCUT2D eigenvalue weighted by Gasteiger charge is -2.43. The normalized spacial score (nSPS) is 14.2. The summed E-state index contributed by atoms with van der Waals surface area (Å²) in [5, 5.41) is 0. The van der Waals surface area contributed by atoms with Gasteiger partial charge in [-0.25, -0.2) is 14.4 Å². The number of esters is 3. The summed E-state index contributed by atoms with van der Waals surface area (Å²) < 4.78 is 285. The van der Waals surface area contributed by atoms with Crippen molar-refractivity contribution in [3.8, 4) is 0 Å². The third-order valence-electron chi connectivity index (χ3n) is 7.30. The van der Waals surface area contributed by atoms with Crippen LogP contribution >= 0.6 is 0 Å². The predicted octanol–water partition coefficient (Wildman–Crippen LogP) is 7.94. The highest BCUT2D eigenvalue weighted by atomic mass is 28.5. The van der Waals surface area contributed by atoms with Crippen LogP contribution in [0.4, 0.5) is 74.6 Å². The van der Waals surface area contributed by atoms with Gasteiger partial charge in [-0.15, -0.1) is 0 Å². The minimum absolute atomic E-state index is 0.499. The molecule has 0 heterocycles. The number of ether oxygens (including phenoxy) is 3. The van der Waals surface area contributed by atoms with E-state index in [2.05, 4.69) is 24.5 Å². The molecule has 0 aromatic carbocycles. The lowest BCUT2D eigenvalue weighted by Crippen LogP contribution is -2.74. The summed E-state index contributed by atoms with van der Waals surface area (Å²) in [7, 11) is -14.3. The molecule has 0 saturated heterocycles. The van der Waals surface area contributed by atoms with Gasteiger partial charge in [-0.1, -0.05) is 19.7 Å². The average Bonchev–Trinajstić information content (AvgIpc) is 3.14. The maximum atomic E-state index is 15.0. The highest BCUT2D eigenvalue weighted by Gasteiger charge is 2.95. The van der Waals surface area contributed by atoms with Gasteiger partial charge in [0.1, 0.15) is 19.8 Å². The molecule has 0 atom stereocenters. The molecular formula is C30H39F17O12Si4. The number of alkyl halides is 17. The molecule has 0 bridgehead atoms. The van der Waals surface area contributed by atoms with Gasteiger partial charge in [-0.05, 0) is 32.6 Å². The number of hydrogen-bond acceptors (Lipinski definition) is 12. The third kappa shape index (κ3) is 15.3. The minimum Gasteiger partial charge on any atom is -0.460 e. The molecule has 0 unspecified atom stereocenters. The van der Waals surface area contributed by atoms with Gasteiger partial charge in [-0.2, -0.15) is 74.6 Å². The molecule has 63 heavy (non-hydrogen) atoms. The monoisotopic (exact) mass is 1030 g/mol. The lowest BCUT2D eigenvalue weighted by atomic mass is 9.88. The van der Waals surface area contributed by atoms with Crippen LogP contribution in [0.5, 0.6) is 0 Å². The second-order valence-electron chi connectivity index (χ2n) is 13.0. The van der Waals surface area contributed by atoms with E-state index in [0.717, 1.165) is 18.2 Å². The molecular weight excluding hydrogens is 988 g/mol. The first-order valence-corrected chi connectivity index (χ1v) is 25.4. The van der Waals surface area contributed by atoms with Crippen LogP contribution < -0.4 is 0 Å². The molecule has 0 spiro atoms. The first-order chi connectivity index (χ1) is 28.2. The van der Waals surface area contributed by atoms with E-state index in [1.54, 1.807) is 0 Å². The first-order valence-electron chi connectivity index (χ1n) is 17.1. The Morgan fingerprint density at radius 1 is 0.508 bits per heavy atom. The summed E-state index contributed by atoms with van der Waals surface area (Å²) in [4.78, 5) is 34.1. The zero-order valence-electron chi connectivity index (χ0n) is 33.0. The Kier molecular flexibility index (Phi) is 21.5. The van der Waals surface area contributed by atoms with Gasteiger partial charge >= 0.3 is 101 Å². The zero-order valence-corrected chi connectivity index (χ0v) is 37.0. The van der Waals surface area contributed by atoms with Crippen LogP contribution in [0, 0.1) is 0 Å². The van der Waals surface area contributed by atoms with E-state index in [1.165, 1.54) is 26.2 Å². The Morgan fingerprint density at radius 3 is 1.19 bits per heavy atom. The van der Waals surface area contributed by atoms with Crippen molar-refractivity contribution in [3.63, 3.8) is 0 Å². The van der Waals surface area contributed by atoms with Crippen molar-refractivity contribution in [2.24, 2.45) is 0 Å². The van der Waals surface area contributed by atoms with Crippen LogP contribution in [0.25, 0.3) is 0 Å². The summed E-state index contributed by atoms with van der Waals surface area (Å²) in [6.07, 6.45) is -10.2. The highest BCUT2D eigenvalue weighted by Crippen LogP contribution is 2.64. The van der Waals surface area contributed by atoms with Crippen LogP contribution in [-0.2, 0) is 54.2 Å². The van der Waals surface area contributed by atoms with E-state index in [0.29, 0.717) is 0 Å². The van der Waals surface area contributed by atoms with Crippen molar-refractivity contribution < 1.29 is 129 Å². The van der Waals surface area contributed by atoms with Gasteiger partial charge in [0.25, 0.3) is 0 Å². The maximum absolute atomic E-state index is 15.0. The average molecular weight is 1030 g/mol. The molecule has 0 N–H and O–H groups in total. The van der Waals surface area contributed by atoms with Crippen molar-refractivity contribution in [1.82, 2.24) is 0 Å². The standard InChI is InChI=1S/C30H39F17O12Si4/c1-8-20(48)51-13-16-54-60-57-63(58-61(4,5)55-17-14-52-21(49)9-2,59-62(6,7)56-18-15-53-22(50)10-3)19-11-12-23(31,32)24(33,34)25(35,36)26(37,38)27(39,40)28(41,42)29(43,44)30(45,46)47/h8-10H,1-3,11-19H2,4-7H3. The van der Waals surface area contributed by atoms with Crippen LogP contribution in [0.15, 0.2) is 38.0 Å². The van der Waals surface area contributed by atoms with Gasteiger partial charge in [0.2, 0.25) is 0 Å². The van der Waals surface area contributed by atoms with Crippen molar-refractivity contribution in [3.05, 3.63) is 38.0 Å². The Hall–Kier alpha value is -2.93. The largest absolute Gasteiger partial charge is 0.474 e. The molecule has 0 aliphatic carbocycles. The van der Waals surface area contributed by atoms with Gasteiger partial charge < -0.3 is 39.8 Å². The fourth-order valence-corrected chi connectivity index (χ4v) is 16.2. The van der Waals surface area contributed by atoms with E-state index >= 15 is 8.78 Å². The Morgan fingerprint density at radius 2 is 0.841 bits per heavy atom. The smallest absolute Gasteiger partial charge is 0.460 e. The maximum Gasteiger partial charge on any atom is 0.474 e. The Balaban J connectivity index is 7.09. The number of carbonyl (C=O) groups is 3. The van der Waals surface area contributed by atoms with Crippen molar-refractivity contribution in [2.45, 2.75) is 92.7 Å². The summed E-state index contributed by atoms with van der Waals surface area (Å²) >= 11 is 0. The van der Waals surface area contributed by atoms with Crippen LogP contribution in [0.3, 0.4) is 0 Å². The molecule has 33 heteroatoms. The summed E-state index contributed by atoms with van der Waals surface area (Å²) in [6, 6.07) is -1.33. The van der Waals surface area contributed by atoms with Crippen LogP contribution in [0.2, 0.25) is 32.2 Å². The fraction of sp³-hybridized carbons (Fsp3) is 0.700. The first kappa shape index (κ1) is 60.1. The topological polar surface area (TPSA) is 134 Å². The van der Waals surface area contributed by atoms with Gasteiger partial charge in [0.15, 0.2) is 0 Å². The molecule has 12 nitrogen and oxygen atoms in total. The minimum atomic E-state index is -8.80. The molecule has 0 amide bonds. The number of rotatable bonds is 31. The quantitative estimate of drug-likeness (QED) is 0.0167. The molecule has 2 radical (unpaired) electrons. The molecule has 0 aliphatic rings. The molecule has 366 valence electrons. The molecule has 0 aromatic rings. The summed E-state index contributed by atoms with van der Waals surface area (Å²) in [5.41, 5.74) is 0. The molecule has 0 rings (SSSR count). The number of halogens is 17. The van der Waals surface area contributed by atoms with Gasteiger partial charge in [0, 0.05) is 30.7 Å². The van der Waals surface area contributed by atoms with E-state index < -0.39 is 160 Å². The van der Waals surface area contributed by atoms with Gasteiger partial charge in [0.05, 0.1) is 19.8 Å². The summed E-state index contributed by atoms with van der Waals surface area (Å²) in [5.74, 6) is -60.6. The predicted molar refractivity (Wildman–Crippen MR) is 186 cm³/mol. The van der Waals surface area contributed by atoms with E-state index in [-0.39, 0.29) is 0 Å². The molecule has 0 aliphatic heterocycles. The zero-order chi connectivity index (χ0) is 49.8. The molecule has 0 saturated carbocycles. The fourth-order valence-electron chi connectivity index (χ4n) is 4.26. The number of hydrogen-bond donors (Lipinski definition) is 0. The van der Waals surface area contributed by atoms with Crippen LogP contribution in [-0.4, -0.2) is 141 Å². The van der Waals surface area contributed by atoms with Crippen molar-refractivity contribution in [2.75, 3.05) is 39.6 Å². The van der Waals surface area contributed by atoms with Crippen LogP contribution in [0.1, 0.15) is 12.8 Å². The van der Waals surface area contributed by atoms with Crippen molar-refractivity contribution in [1.29, 1.82) is 0 Å². The summed E-state index contributed by atoms with van der Waals surface area (Å²) in [6.45, 7) is 11.1. The Labute approximate surface area is 352 Å². The lowest BCUT2D eigenvalue weighted by molar-refractivity contribution is -0.461. The SMILES string of the molecule is C=CC(=O)OCCO[Si]O[Si](CCCC(F)(F)C(F)(F)C(F)(F)C(F)(F)C(F)(F)C(F)(F)C(F)(F)C(F)(F)F)(O[Si](C)(C)OCCOC(=O)C=C)O[Si](C)(C)OCCOC(=O)C=C. The second-order valence-corrected chi connectivity index (χ2v) is 24.0. The van der Waals surface area contributed by atoms with E-state index in [4.69, 9.17) is 35.1 Å². The van der Waals surface area contributed by atoms with Crippen molar-refractivity contribution >= 4 is 53.8 Å². The molecule has 0 aromatic heterocycles. The molecule has 0 fully saturated rings. The Bertz CT molecular complexity index is 1530. The number of carbonyl (C=O) groups excluding carboxylic acids is 3. The van der Waals surface area contributed by atoms with Gasteiger partial charge in [-0.3, -0.25) is 0 Å². The third-order valence-corrected chi connectivity index (χ3v) is 18.4. The highest BCUT2D eigenvalue weighted by molar-refractivity contribution is 6.84. The van der Waals surface area contributed by atoms with E-state index in [1.807, 2.05) is 0 Å². The van der Waals surface area contributed by atoms with E-state index in [9.17, 15) is 80.2 Å².